The Kier molecular flexibility index (Phi) is 1.87. The molecule has 72 valence electrons. The van der Waals surface area contributed by atoms with Gasteiger partial charge in [0.25, 0.3) is 0 Å². The molecule has 0 N–H and O–H groups in total. The van der Waals surface area contributed by atoms with E-state index in [1.54, 1.807) is 0 Å². The molecule has 1 spiro atoms. The van der Waals surface area contributed by atoms with Gasteiger partial charge in [-0.1, -0.05) is 0 Å². The Morgan fingerprint density at radius 3 is 2.54 bits per heavy atom. The number of rotatable bonds is 2. The minimum Gasteiger partial charge on any atom is -0.300 e. The molecule has 0 atom stereocenters. The molecule has 2 rings (SSSR count). The van der Waals surface area contributed by atoms with Crippen molar-refractivity contribution in [1.82, 2.24) is 0 Å². The summed E-state index contributed by atoms with van der Waals surface area (Å²) in [6, 6.07) is 0. The fourth-order valence-electron chi connectivity index (χ4n) is 2.18. The van der Waals surface area contributed by atoms with Gasteiger partial charge in [-0.3, -0.25) is 9.68 Å². The topological polar surface area (TPSA) is 52.6 Å². The van der Waals surface area contributed by atoms with E-state index in [2.05, 4.69) is 4.89 Å². The SMILES string of the molecule is CC(=O)OOC1CC2(CC(=O)C2)C1. The van der Waals surface area contributed by atoms with E-state index in [0.717, 1.165) is 12.8 Å². The summed E-state index contributed by atoms with van der Waals surface area (Å²) >= 11 is 0. The lowest BCUT2D eigenvalue weighted by Crippen LogP contribution is -2.51. The molecule has 0 aliphatic heterocycles. The van der Waals surface area contributed by atoms with Crippen molar-refractivity contribution in [2.24, 2.45) is 5.41 Å². The summed E-state index contributed by atoms with van der Waals surface area (Å²) in [7, 11) is 0. The number of hydrogen-bond acceptors (Lipinski definition) is 4. The van der Waals surface area contributed by atoms with Gasteiger partial charge in [0.15, 0.2) is 0 Å². The van der Waals surface area contributed by atoms with E-state index in [0.29, 0.717) is 18.6 Å². The summed E-state index contributed by atoms with van der Waals surface area (Å²) in [6.07, 6.45) is 3.09. The van der Waals surface area contributed by atoms with E-state index < -0.39 is 5.97 Å². The maximum Gasteiger partial charge on any atom is 0.339 e. The number of Topliss-reactive ketones (excluding diaryl/α,β-unsaturated/α-hetero) is 1. The van der Waals surface area contributed by atoms with Crippen molar-refractivity contribution in [1.29, 1.82) is 0 Å². The third-order valence-electron chi connectivity index (χ3n) is 2.77. The van der Waals surface area contributed by atoms with E-state index in [9.17, 15) is 9.59 Å². The van der Waals surface area contributed by atoms with Gasteiger partial charge in [0.05, 0.1) is 0 Å². The van der Waals surface area contributed by atoms with E-state index >= 15 is 0 Å². The van der Waals surface area contributed by atoms with Gasteiger partial charge < -0.3 is 0 Å². The fourth-order valence-corrected chi connectivity index (χ4v) is 2.18. The zero-order valence-electron chi connectivity index (χ0n) is 7.54. The first kappa shape index (κ1) is 8.69. The van der Waals surface area contributed by atoms with Crippen LogP contribution in [0.15, 0.2) is 0 Å². The summed E-state index contributed by atoms with van der Waals surface area (Å²) in [5, 5.41) is 0. The van der Waals surface area contributed by atoms with Gasteiger partial charge in [-0.2, -0.15) is 4.89 Å². The molecule has 2 aliphatic rings. The highest BCUT2D eigenvalue weighted by molar-refractivity contribution is 5.86. The van der Waals surface area contributed by atoms with Gasteiger partial charge in [0.1, 0.15) is 11.9 Å². The van der Waals surface area contributed by atoms with Crippen LogP contribution in [-0.4, -0.2) is 17.9 Å². The first-order valence-electron chi connectivity index (χ1n) is 4.45. The second-order valence-electron chi connectivity index (χ2n) is 4.09. The number of carbonyl (C=O) groups is 2. The average Bonchev–Trinajstić information content (AvgIpc) is 1.90. The highest BCUT2D eigenvalue weighted by atomic mass is 17.2. The van der Waals surface area contributed by atoms with Crippen molar-refractivity contribution < 1.29 is 19.4 Å². The quantitative estimate of drug-likeness (QED) is 0.474. The summed E-state index contributed by atoms with van der Waals surface area (Å²) in [4.78, 5) is 30.4. The van der Waals surface area contributed by atoms with E-state index in [1.165, 1.54) is 6.92 Å². The highest BCUT2D eigenvalue weighted by Gasteiger charge is 2.53. The average molecular weight is 184 g/mol. The van der Waals surface area contributed by atoms with Crippen LogP contribution in [-0.2, 0) is 19.4 Å². The van der Waals surface area contributed by atoms with Crippen LogP contribution < -0.4 is 0 Å². The van der Waals surface area contributed by atoms with Gasteiger partial charge in [-0.15, -0.1) is 0 Å². The standard InChI is InChI=1S/C9H12O4/c1-6(10)12-13-8-4-9(5-8)2-7(11)3-9/h8H,2-5H2,1H3. The Hall–Kier alpha value is -0.900. The number of carbonyl (C=O) groups excluding carboxylic acids is 2. The zero-order valence-corrected chi connectivity index (χ0v) is 7.54. The predicted molar refractivity (Wildman–Crippen MR) is 42.5 cm³/mol. The van der Waals surface area contributed by atoms with Gasteiger partial charge in [-0.05, 0) is 18.3 Å². The van der Waals surface area contributed by atoms with Crippen LogP contribution in [0.25, 0.3) is 0 Å². The minimum atomic E-state index is -0.425. The molecular formula is C9H12O4. The van der Waals surface area contributed by atoms with Crippen LogP contribution in [0, 0.1) is 5.41 Å². The summed E-state index contributed by atoms with van der Waals surface area (Å²) in [6.45, 7) is 1.31. The molecule has 0 aromatic rings. The van der Waals surface area contributed by atoms with Crippen molar-refractivity contribution in [3.63, 3.8) is 0 Å². The Morgan fingerprint density at radius 2 is 2.08 bits per heavy atom. The monoisotopic (exact) mass is 184 g/mol. The lowest BCUT2D eigenvalue weighted by atomic mass is 9.54. The van der Waals surface area contributed by atoms with Crippen molar-refractivity contribution in [3.8, 4) is 0 Å². The summed E-state index contributed by atoms with van der Waals surface area (Å²) < 4.78 is 0. The van der Waals surface area contributed by atoms with Gasteiger partial charge >= 0.3 is 5.97 Å². The van der Waals surface area contributed by atoms with Crippen molar-refractivity contribution >= 4 is 11.8 Å². The Bertz CT molecular complexity index is 242. The second kappa shape index (κ2) is 2.80. The number of ketones is 1. The third-order valence-corrected chi connectivity index (χ3v) is 2.77. The molecule has 4 nitrogen and oxygen atoms in total. The Labute approximate surface area is 76.1 Å². The first-order chi connectivity index (χ1) is 6.10. The normalized spacial score (nSPS) is 25.2. The van der Waals surface area contributed by atoms with Crippen molar-refractivity contribution in [3.05, 3.63) is 0 Å². The van der Waals surface area contributed by atoms with Gasteiger partial charge in [0, 0.05) is 19.8 Å². The molecular weight excluding hydrogens is 172 g/mol. The molecule has 0 aromatic carbocycles. The molecule has 0 radical (unpaired) electrons. The molecule has 2 aliphatic carbocycles. The molecule has 13 heavy (non-hydrogen) atoms. The lowest BCUT2D eigenvalue weighted by Gasteiger charge is -2.51. The fraction of sp³-hybridized carbons (Fsp3) is 0.778. The van der Waals surface area contributed by atoms with E-state index in [-0.39, 0.29) is 11.5 Å². The summed E-state index contributed by atoms with van der Waals surface area (Å²) in [5.41, 5.74) is 0.210. The molecule has 0 amide bonds. The van der Waals surface area contributed by atoms with Crippen LogP contribution >= 0.6 is 0 Å². The second-order valence-corrected chi connectivity index (χ2v) is 4.09. The molecule has 0 heterocycles. The predicted octanol–water partition coefficient (Wildman–Crippen LogP) is 0.993. The van der Waals surface area contributed by atoms with Crippen LogP contribution in [0.5, 0.6) is 0 Å². The van der Waals surface area contributed by atoms with E-state index in [4.69, 9.17) is 4.89 Å². The molecule has 2 saturated carbocycles. The molecule has 4 heteroatoms. The first-order valence-corrected chi connectivity index (χ1v) is 4.45. The Morgan fingerprint density at radius 1 is 1.46 bits per heavy atom. The molecule has 0 aromatic heterocycles. The Balaban J connectivity index is 1.67. The number of hydrogen-bond donors (Lipinski definition) is 0. The maximum absolute atomic E-state index is 10.8. The minimum absolute atomic E-state index is 0.0111. The van der Waals surface area contributed by atoms with Gasteiger partial charge in [-0.25, -0.2) is 4.79 Å². The zero-order chi connectivity index (χ0) is 9.47. The maximum atomic E-state index is 10.8. The van der Waals surface area contributed by atoms with Crippen LogP contribution in [0.2, 0.25) is 0 Å². The van der Waals surface area contributed by atoms with E-state index in [1.807, 2.05) is 0 Å². The molecule has 0 unspecified atom stereocenters. The molecule has 2 fully saturated rings. The van der Waals surface area contributed by atoms with Crippen molar-refractivity contribution in [2.75, 3.05) is 0 Å². The molecule has 0 saturated heterocycles. The van der Waals surface area contributed by atoms with Crippen LogP contribution in [0.1, 0.15) is 32.6 Å². The van der Waals surface area contributed by atoms with Crippen LogP contribution in [0.3, 0.4) is 0 Å². The van der Waals surface area contributed by atoms with Crippen LogP contribution in [0.4, 0.5) is 0 Å². The van der Waals surface area contributed by atoms with Gasteiger partial charge in [0.2, 0.25) is 0 Å². The smallest absolute Gasteiger partial charge is 0.300 e. The van der Waals surface area contributed by atoms with Crippen molar-refractivity contribution in [2.45, 2.75) is 38.7 Å². The molecule has 0 bridgehead atoms. The lowest BCUT2D eigenvalue weighted by molar-refractivity contribution is -0.325. The highest BCUT2D eigenvalue weighted by Crippen LogP contribution is 2.54. The largest absolute Gasteiger partial charge is 0.339 e. The third kappa shape index (κ3) is 1.58. The summed E-state index contributed by atoms with van der Waals surface area (Å²) in [5.74, 6) is -0.0865.